The molecule has 1 unspecified atom stereocenters. The number of thiophene rings is 1. The van der Waals surface area contributed by atoms with Crippen molar-refractivity contribution in [1.29, 1.82) is 0 Å². The molecule has 0 aliphatic carbocycles. The number of hydrogen-bond donors (Lipinski definition) is 1. The maximum Gasteiger partial charge on any atom is 0.234 e. The van der Waals surface area contributed by atoms with E-state index >= 15 is 0 Å². The number of hydrogen-bond acceptors (Lipinski definition) is 7. The Balaban J connectivity index is 1.73. The topological polar surface area (TPSA) is 82.6 Å². The van der Waals surface area contributed by atoms with Crippen LogP contribution in [0.4, 0.5) is 5.69 Å². The van der Waals surface area contributed by atoms with Crippen LogP contribution in [0, 0.1) is 0 Å². The number of likely N-dealkylation sites (N-methyl/N-ethyl adjacent to an activating group) is 1. The number of amides is 1. The van der Waals surface area contributed by atoms with Crippen LogP contribution in [-0.4, -0.2) is 62.8 Å². The molecular formula is C20H21ClN4O3S2. The zero-order chi connectivity index (χ0) is 21.3. The minimum Gasteiger partial charge on any atom is -0.357 e. The predicted octanol–water partition coefficient (Wildman–Crippen LogP) is 2.62. The summed E-state index contributed by atoms with van der Waals surface area (Å²) in [5, 5.41) is 3.32. The zero-order valence-corrected chi connectivity index (χ0v) is 18.7. The van der Waals surface area contributed by atoms with Gasteiger partial charge in [-0.3, -0.25) is 14.7 Å². The third-order valence-corrected chi connectivity index (χ3v) is 9.07. The highest BCUT2D eigenvalue weighted by atomic mass is 35.5. The van der Waals surface area contributed by atoms with Crippen LogP contribution >= 0.6 is 22.9 Å². The fourth-order valence-electron chi connectivity index (χ4n) is 3.50. The first kappa shape index (κ1) is 21.0. The van der Waals surface area contributed by atoms with Crippen LogP contribution in [0.5, 0.6) is 0 Å². The predicted molar refractivity (Wildman–Crippen MR) is 120 cm³/mol. The number of rotatable bonds is 6. The first-order valence-electron chi connectivity index (χ1n) is 9.39. The lowest BCUT2D eigenvalue weighted by Gasteiger charge is -2.35. The molecule has 2 aromatic heterocycles. The summed E-state index contributed by atoms with van der Waals surface area (Å²) in [7, 11) is -1.98. The number of fused-ring (bicyclic) bond motifs is 1. The summed E-state index contributed by atoms with van der Waals surface area (Å²) in [6.07, 6.45) is 3.26. The van der Waals surface area contributed by atoms with Gasteiger partial charge in [-0.2, -0.15) is 0 Å². The zero-order valence-electron chi connectivity index (χ0n) is 16.3. The van der Waals surface area contributed by atoms with E-state index in [-0.39, 0.29) is 23.2 Å². The molecule has 1 amide bonds. The van der Waals surface area contributed by atoms with E-state index in [1.165, 1.54) is 11.3 Å². The maximum atomic E-state index is 13.7. The van der Waals surface area contributed by atoms with E-state index in [1.807, 2.05) is 11.0 Å². The first-order valence-corrected chi connectivity index (χ1v) is 12.1. The lowest BCUT2D eigenvalue weighted by molar-refractivity contribution is -0.124. The Morgan fingerprint density at radius 3 is 2.77 bits per heavy atom. The molecule has 7 nitrogen and oxygen atoms in total. The van der Waals surface area contributed by atoms with E-state index in [4.69, 9.17) is 11.6 Å². The van der Waals surface area contributed by atoms with Gasteiger partial charge in [0, 0.05) is 54.5 Å². The second-order valence-corrected chi connectivity index (χ2v) is 11.0. The largest absolute Gasteiger partial charge is 0.357 e. The van der Waals surface area contributed by atoms with E-state index in [0.29, 0.717) is 18.1 Å². The molecule has 1 fully saturated rings. The number of nitrogens with zero attached hydrogens (tertiary/aromatic N) is 3. The van der Waals surface area contributed by atoms with Crippen molar-refractivity contribution in [1.82, 2.24) is 15.2 Å². The van der Waals surface area contributed by atoms with Crippen LogP contribution in [0.1, 0.15) is 0 Å². The molecule has 1 aromatic carbocycles. The molecule has 158 valence electrons. The molecule has 1 saturated heterocycles. The fraction of sp³-hybridized carbons (Fsp3) is 0.300. The first-order chi connectivity index (χ1) is 14.3. The van der Waals surface area contributed by atoms with Gasteiger partial charge >= 0.3 is 0 Å². The normalized spacial score (nSPS) is 16.4. The summed E-state index contributed by atoms with van der Waals surface area (Å²) in [5.74, 6) is -0.0968. The van der Waals surface area contributed by atoms with E-state index in [1.54, 1.807) is 54.7 Å². The van der Waals surface area contributed by atoms with Crippen molar-refractivity contribution >= 4 is 54.5 Å². The number of nitrogens with one attached hydrogen (secondary N) is 1. The lowest BCUT2D eigenvalue weighted by Crippen LogP contribution is -2.54. The van der Waals surface area contributed by atoms with Crippen molar-refractivity contribution < 1.29 is 13.2 Å². The molecule has 1 N–H and O–H groups in total. The van der Waals surface area contributed by atoms with Gasteiger partial charge in [-0.1, -0.05) is 17.7 Å². The molecule has 0 saturated carbocycles. The Labute approximate surface area is 184 Å². The maximum absolute atomic E-state index is 13.7. The van der Waals surface area contributed by atoms with Gasteiger partial charge < -0.3 is 10.2 Å². The van der Waals surface area contributed by atoms with Gasteiger partial charge in [0.05, 0.1) is 6.54 Å². The molecule has 10 heteroatoms. The van der Waals surface area contributed by atoms with Crippen LogP contribution in [0.15, 0.2) is 53.0 Å². The molecule has 30 heavy (non-hydrogen) atoms. The lowest BCUT2D eigenvalue weighted by atomic mass is 10.3. The summed E-state index contributed by atoms with van der Waals surface area (Å²) in [4.78, 5) is 19.5. The van der Waals surface area contributed by atoms with Gasteiger partial charge in [-0.15, -0.1) is 11.3 Å². The number of anilines is 1. The number of carbonyl (C=O) groups excluding carboxylic acids is 1. The third-order valence-electron chi connectivity index (χ3n) is 5.13. The molecule has 1 atom stereocenters. The average Bonchev–Trinajstić information content (AvgIpc) is 3.16. The number of halogens is 1. The van der Waals surface area contributed by atoms with Gasteiger partial charge in [0.15, 0.2) is 0 Å². The van der Waals surface area contributed by atoms with Crippen LogP contribution in [0.3, 0.4) is 0 Å². The second kappa shape index (κ2) is 8.50. The van der Waals surface area contributed by atoms with Gasteiger partial charge in [0.2, 0.25) is 15.7 Å². The molecule has 4 rings (SSSR count). The summed E-state index contributed by atoms with van der Waals surface area (Å²) in [6, 6.07) is 10.6. The smallest absolute Gasteiger partial charge is 0.234 e. The molecule has 0 radical (unpaired) electrons. The number of carbonyl (C=O) groups is 1. The van der Waals surface area contributed by atoms with Crippen LogP contribution in [-0.2, 0) is 14.6 Å². The number of piperazine rings is 1. The highest BCUT2D eigenvalue weighted by molar-refractivity contribution is 7.94. The molecule has 0 bridgehead atoms. The number of benzene rings is 1. The Bertz CT molecular complexity index is 1170. The molecule has 3 aromatic rings. The summed E-state index contributed by atoms with van der Waals surface area (Å²) in [5.41, 5.74) is 0.740. The van der Waals surface area contributed by atoms with Crippen molar-refractivity contribution in [3.63, 3.8) is 0 Å². The average molecular weight is 465 g/mol. The molecular weight excluding hydrogens is 444 g/mol. The van der Waals surface area contributed by atoms with Crippen LogP contribution in [0.2, 0.25) is 5.02 Å². The van der Waals surface area contributed by atoms with Crippen LogP contribution in [0.25, 0.3) is 10.1 Å². The fourth-order valence-corrected chi connectivity index (χ4v) is 7.14. The Morgan fingerprint density at radius 1 is 1.27 bits per heavy atom. The van der Waals surface area contributed by atoms with Crippen molar-refractivity contribution in [2.45, 2.75) is 9.58 Å². The highest BCUT2D eigenvalue weighted by Crippen LogP contribution is 2.34. The quantitative estimate of drug-likeness (QED) is 0.603. The SMILES string of the molecule is CN(c1ccncc1)C(CN1CCNC(=O)C1)S(=O)(=O)c1cc2ccc(Cl)cc2s1. The van der Waals surface area contributed by atoms with Gasteiger partial charge in [0.1, 0.15) is 9.58 Å². The standard InChI is InChI=1S/C20H21ClN4O3S2/c1-24(16-4-6-22-7-5-16)19(13-25-9-8-23-18(26)12-25)30(27,28)20-10-14-2-3-15(21)11-17(14)29-20/h2-7,10-11,19H,8-9,12-13H2,1H3,(H,23,26). The summed E-state index contributed by atoms with van der Waals surface area (Å²) < 4.78 is 28.6. The highest BCUT2D eigenvalue weighted by Gasteiger charge is 2.35. The molecule has 1 aliphatic heterocycles. The van der Waals surface area contributed by atoms with Crippen molar-refractivity contribution in [3.05, 3.63) is 53.8 Å². The molecule has 3 heterocycles. The Kier molecular flexibility index (Phi) is 5.97. The Morgan fingerprint density at radius 2 is 2.03 bits per heavy atom. The van der Waals surface area contributed by atoms with E-state index in [9.17, 15) is 13.2 Å². The van der Waals surface area contributed by atoms with E-state index in [2.05, 4.69) is 10.3 Å². The number of aromatic nitrogens is 1. The third kappa shape index (κ3) is 4.29. The summed E-state index contributed by atoms with van der Waals surface area (Å²) >= 11 is 7.29. The minimum atomic E-state index is -3.73. The number of sulfone groups is 1. The van der Waals surface area contributed by atoms with Gasteiger partial charge in [-0.25, -0.2) is 8.42 Å². The molecule has 1 aliphatic rings. The van der Waals surface area contributed by atoms with Crippen molar-refractivity contribution in [2.75, 3.05) is 38.1 Å². The number of pyridine rings is 1. The molecule has 0 spiro atoms. The van der Waals surface area contributed by atoms with E-state index in [0.717, 1.165) is 15.8 Å². The second-order valence-electron chi connectivity index (χ2n) is 7.15. The van der Waals surface area contributed by atoms with Crippen molar-refractivity contribution in [3.8, 4) is 0 Å². The Hall–Kier alpha value is -2.20. The van der Waals surface area contributed by atoms with Gasteiger partial charge in [-0.05, 0) is 35.7 Å². The monoisotopic (exact) mass is 464 g/mol. The summed E-state index contributed by atoms with van der Waals surface area (Å²) in [6.45, 7) is 1.50. The minimum absolute atomic E-state index is 0.0968. The van der Waals surface area contributed by atoms with Crippen molar-refractivity contribution in [2.24, 2.45) is 0 Å². The van der Waals surface area contributed by atoms with Crippen LogP contribution < -0.4 is 10.2 Å². The van der Waals surface area contributed by atoms with E-state index < -0.39 is 15.2 Å². The van der Waals surface area contributed by atoms with Gasteiger partial charge in [0.25, 0.3) is 0 Å².